The molecule has 0 radical (unpaired) electrons. The molecule has 0 saturated heterocycles. The lowest BCUT2D eigenvalue weighted by atomic mass is 9.92. The van der Waals surface area contributed by atoms with E-state index in [9.17, 15) is 0 Å². The van der Waals surface area contributed by atoms with Gasteiger partial charge in [0.25, 0.3) is 0 Å². The average molecular weight is 565 g/mol. The van der Waals surface area contributed by atoms with Crippen molar-refractivity contribution >= 4 is 44.8 Å². The van der Waals surface area contributed by atoms with Crippen molar-refractivity contribution in [2.75, 3.05) is 0 Å². The predicted octanol–water partition coefficient (Wildman–Crippen LogP) is 11.5. The van der Waals surface area contributed by atoms with Gasteiger partial charge in [0.15, 0.2) is 0 Å². The number of nitrogens with zero attached hydrogens (tertiary/aromatic N) is 1. The van der Waals surface area contributed by atoms with Crippen molar-refractivity contribution in [3.05, 3.63) is 163 Å². The van der Waals surface area contributed by atoms with E-state index in [2.05, 4.69) is 145 Å². The van der Waals surface area contributed by atoms with Gasteiger partial charge in [-0.25, -0.2) is 4.42 Å². The number of aromatic nitrogens is 1. The topological polar surface area (TPSA) is 16.2 Å². The molecule has 1 aliphatic carbocycles. The van der Waals surface area contributed by atoms with Gasteiger partial charge in [-0.2, -0.15) is 0 Å². The van der Waals surface area contributed by atoms with Crippen LogP contribution in [0, 0.1) is 0 Å². The minimum atomic E-state index is 0.855. The maximum Gasteiger partial charge on any atom is 0.361 e. The van der Waals surface area contributed by atoms with Crippen LogP contribution in [0.15, 0.2) is 156 Å². The van der Waals surface area contributed by atoms with Gasteiger partial charge in [0.2, 0.25) is 0 Å². The highest BCUT2D eigenvalue weighted by Gasteiger charge is 2.25. The monoisotopic (exact) mass is 564 g/mol. The molecule has 2 aliphatic rings. The first-order valence-corrected chi connectivity index (χ1v) is 15.0. The molecule has 0 amide bonds. The molecule has 1 aromatic heterocycles. The largest absolute Gasteiger partial charge is 0.361 e. The molecule has 2 heteroatoms. The zero-order chi connectivity index (χ0) is 29.5. The van der Waals surface area contributed by atoms with Crippen LogP contribution in [0.2, 0.25) is 0 Å². The van der Waals surface area contributed by atoms with E-state index >= 15 is 0 Å². The number of allylic oxidation sites excluding steroid dienone is 2. The maximum atomic E-state index is 6.29. The third-order valence-electron chi connectivity index (χ3n) is 8.57. The van der Waals surface area contributed by atoms with Crippen LogP contribution in [-0.4, -0.2) is 4.57 Å². The van der Waals surface area contributed by atoms with Crippen LogP contribution in [0.3, 0.4) is 0 Å². The summed E-state index contributed by atoms with van der Waals surface area (Å²) in [5.41, 5.74) is 10.5. The van der Waals surface area contributed by atoms with E-state index in [4.69, 9.17) is 4.42 Å². The van der Waals surface area contributed by atoms with Crippen molar-refractivity contribution in [3.63, 3.8) is 0 Å². The molecule has 2 nitrogen and oxygen atoms in total. The van der Waals surface area contributed by atoms with E-state index in [1.54, 1.807) is 0 Å². The van der Waals surface area contributed by atoms with Crippen molar-refractivity contribution < 1.29 is 4.42 Å². The fraction of sp³-hybridized carbons (Fsp3) is 0.0238. The fourth-order valence-electron chi connectivity index (χ4n) is 6.59. The van der Waals surface area contributed by atoms with Crippen molar-refractivity contribution in [1.82, 2.24) is 4.57 Å². The first kappa shape index (κ1) is 25.9. The average Bonchev–Trinajstić information content (AvgIpc) is 3.41. The lowest BCUT2D eigenvalue weighted by Crippen LogP contribution is -2.02. The minimum absolute atomic E-state index is 0.855. The highest BCUT2D eigenvalue weighted by Crippen LogP contribution is 2.48. The Hall–Kier alpha value is -5.73. The van der Waals surface area contributed by atoms with Crippen LogP contribution in [0.1, 0.15) is 11.1 Å². The van der Waals surface area contributed by atoms with Gasteiger partial charge < -0.3 is 4.57 Å². The minimum Gasteiger partial charge on any atom is -0.343 e. The Balaban J connectivity index is 1.29. The predicted molar refractivity (Wildman–Crippen MR) is 187 cm³/mol. The number of aryl methyl sites for hydroxylation is 1. The Kier molecular flexibility index (Phi) is 6.39. The van der Waals surface area contributed by atoms with Crippen LogP contribution in [0.5, 0.6) is 0 Å². The van der Waals surface area contributed by atoms with Crippen molar-refractivity contribution in [2.45, 2.75) is 0 Å². The van der Waals surface area contributed by atoms with Crippen LogP contribution < -0.4 is 0 Å². The van der Waals surface area contributed by atoms with Gasteiger partial charge in [0.05, 0.1) is 22.7 Å². The molecule has 0 saturated carbocycles. The van der Waals surface area contributed by atoms with Crippen LogP contribution >= 0.6 is 0 Å². The van der Waals surface area contributed by atoms with E-state index in [-0.39, 0.29) is 0 Å². The van der Waals surface area contributed by atoms with Gasteiger partial charge in [-0.15, -0.1) is 0 Å². The molecule has 1 aliphatic heterocycles. The molecule has 0 spiro atoms. The molecule has 44 heavy (non-hydrogen) atoms. The third-order valence-corrected chi connectivity index (χ3v) is 8.57. The van der Waals surface area contributed by atoms with Gasteiger partial charge in [0, 0.05) is 46.3 Å². The molecule has 0 fully saturated rings. The summed E-state index contributed by atoms with van der Waals surface area (Å²) < 4.78 is 8.65. The Morgan fingerprint density at radius 2 is 1.11 bits per heavy atom. The maximum absolute atomic E-state index is 6.29. The molecular formula is C42H30NO+. The first-order valence-electron chi connectivity index (χ1n) is 15.0. The number of hydrogen-bond acceptors (Lipinski definition) is 0. The van der Waals surface area contributed by atoms with Gasteiger partial charge in [0.1, 0.15) is 0 Å². The lowest BCUT2D eigenvalue weighted by molar-refractivity contribution is 0.620. The zero-order valence-corrected chi connectivity index (χ0v) is 24.4. The van der Waals surface area contributed by atoms with Gasteiger partial charge in [-0.1, -0.05) is 127 Å². The number of fused-ring (bicyclic) bond motifs is 5. The summed E-state index contributed by atoms with van der Waals surface area (Å²) in [7, 11) is 2.19. The SMILES string of the molecule is Cn1c2c(/C=C/C=C/c3cc(-c4ccccc4)[o+]c4ccccc34)c3ccccc3c-2c(-c2ccccc2)c2ccccc21. The van der Waals surface area contributed by atoms with Crippen molar-refractivity contribution in [2.24, 2.45) is 7.05 Å². The molecule has 0 unspecified atom stereocenters. The second-order valence-electron chi connectivity index (χ2n) is 11.1. The second-order valence-corrected chi connectivity index (χ2v) is 11.1. The quantitative estimate of drug-likeness (QED) is 0.150. The Morgan fingerprint density at radius 1 is 0.523 bits per heavy atom. The highest BCUT2D eigenvalue weighted by atomic mass is 16.3. The molecule has 6 aromatic rings. The summed E-state index contributed by atoms with van der Waals surface area (Å²) in [5.74, 6) is 0.855. The molecule has 2 heterocycles. The molecule has 0 atom stereocenters. The normalized spacial score (nSPS) is 12.0. The molecule has 5 aromatic carbocycles. The standard InChI is InChI=1S/C42H30NO/c1-43-37-26-14-12-25-36(37)40(30-18-6-3-7-19-30)41-34-23-11-10-22-33(34)35(42(41)43)24-9-8-20-31-28-39(29-16-4-2-5-17-29)44-38-27-15-13-21-32(31)38/h2-28H,1H3/q+1/b20-8+,24-9+. The van der Waals surface area contributed by atoms with Crippen LogP contribution in [-0.2, 0) is 7.05 Å². The summed E-state index contributed by atoms with van der Waals surface area (Å²) in [6, 6.07) is 49.0. The smallest absolute Gasteiger partial charge is 0.343 e. The van der Waals surface area contributed by atoms with E-state index in [1.165, 1.54) is 49.6 Å². The molecule has 8 rings (SSSR count). The second kappa shape index (κ2) is 10.8. The van der Waals surface area contributed by atoms with Gasteiger partial charge in [-0.05, 0) is 40.6 Å². The molecular weight excluding hydrogens is 534 g/mol. The number of rotatable bonds is 5. The van der Waals surface area contributed by atoms with Gasteiger partial charge in [-0.3, -0.25) is 0 Å². The van der Waals surface area contributed by atoms with Crippen LogP contribution in [0.4, 0.5) is 0 Å². The fourth-order valence-corrected chi connectivity index (χ4v) is 6.59. The Morgan fingerprint density at radius 3 is 1.89 bits per heavy atom. The molecule has 0 bridgehead atoms. The summed E-state index contributed by atoms with van der Waals surface area (Å²) in [6.45, 7) is 0. The molecule has 0 N–H and O–H groups in total. The number of benzene rings is 5. The zero-order valence-electron chi connectivity index (χ0n) is 24.4. The van der Waals surface area contributed by atoms with E-state index in [0.717, 1.165) is 27.9 Å². The summed E-state index contributed by atoms with van der Waals surface area (Å²) in [4.78, 5) is 0. The summed E-state index contributed by atoms with van der Waals surface area (Å²) in [6.07, 6.45) is 8.75. The van der Waals surface area contributed by atoms with Crippen molar-refractivity contribution in [3.8, 4) is 33.7 Å². The summed E-state index contributed by atoms with van der Waals surface area (Å²) in [5, 5.41) is 4.88. The van der Waals surface area contributed by atoms with E-state index in [1.807, 2.05) is 30.3 Å². The number of pyridine rings is 1. The first-order chi connectivity index (χ1) is 21.8. The Labute approximate surface area is 256 Å². The van der Waals surface area contributed by atoms with Gasteiger partial charge >= 0.3 is 11.3 Å². The lowest BCUT2D eigenvalue weighted by Gasteiger charge is -2.20. The van der Waals surface area contributed by atoms with E-state index in [0.29, 0.717) is 0 Å². The number of hydrogen-bond donors (Lipinski definition) is 0. The highest BCUT2D eigenvalue weighted by molar-refractivity contribution is 6.18. The third kappa shape index (κ3) is 4.31. The number of para-hydroxylation sites is 2. The Bertz CT molecular complexity index is 2320. The van der Waals surface area contributed by atoms with Crippen molar-refractivity contribution in [1.29, 1.82) is 0 Å². The van der Waals surface area contributed by atoms with E-state index < -0.39 is 0 Å². The molecule has 208 valence electrons. The van der Waals surface area contributed by atoms with Crippen LogP contribution in [0.25, 0.3) is 78.5 Å². The summed E-state index contributed by atoms with van der Waals surface area (Å²) >= 11 is 0.